The van der Waals surface area contributed by atoms with Crippen LogP contribution in [0.3, 0.4) is 0 Å². The van der Waals surface area contributed by atoms with E-state index in [9.17, 15) is 4.39 Å². The Morgan fingerprint density at radius 3 is 2.37 bits per heavy atom. The Bertz CT molecular complexity index is 601. The van der Waals surface area contributed by atoms with E-state index in [4.69, 9.17) is 0 Å². The molecule has 2 rings (SSSR count). The third-order valence-corrected chi connectivity index (χ3v) is 4.66. The molecule has 0 aromatic heterocycles. The zero-order chi connectivity index (χ0) is 14.0. The van der Waals surface area contributed by atoms with Crippen molar-refractivity contribution >= 4 is 47.8 Å². The lowest BCUT2D eigenvalue weighted by molar-refractivity contribution is 0.616. The van der Waals surface area contributed by atoms with Crippen LogP contribution < -0.4 is 5.32 Å². The minimum Gasteiger partial charge on any atom is -0.309 e. The van der Waals surface area contributed by atoms with Gasteiger partial charge in [0.2, 0.25) is 0 Å². The molecule has 1 atom stereocenters. The van der Waals surface area contributed by atoms with Crippen LogP contribution in [0.25, 0.3) is 0 Å². The van der Waals surface area contributed by atoms with Gasteiger partial charge in [0.15, 0.2) is 0 Å². The number of hydrogen-bond donors (Lipinski definition) is 1. The summed E-state index contributed by atoms with van der Waals surface area (Å²) in [4.78, 5) is 0. The van der Waals surface area contributed by atoms with Gasteiger partial charge in [0.1, 0.15) is 5.82 Å². The summed E-state index contributed by atoms with van der Waals surface area (Å²) in [5, 5.41) is 3.26. The van der Waals surface area contributed by atoms with Gasteiger partial charge in [-0.3, -0.25) is 0 Å². The van der Waals surface area contributed by atoms with Crippen molar-refractivity contribution in [2.24, 2.45) is 0 Å². The van der Waals surface area contributed by atoms with Gasteiger partial charge in [0.25, 0.3) is 0 Å². The average molecular weight is 452 g/mol. The number of rotatable bonds is 3. The highest BCUT2D eigenvalue weighted by Crippen LogP contribution is 2.32. The van der Waals surface area contributed by atoms with Crippen LogP contribution in [-0.4, -0.2) is 7.05 Å². The topological polar surface area (TPSA) is 12.0 Å². The van der Waals surface area contributed by atoms with Crippen molar-refractivity contribution in [3.63, 3.8) is 0 Å². The van der Waals surface area contributed by atoms with Crippen LogP contribution in [0.1, 0.15) is 17.2 Å². The summed E-state index contributed by atoms with van der Waals surface area (Å²) in [6.45, 7) is 0. The predicted octanol–water partition coefficient (Wildman–Crippen LogP) is 5.42. The second-order valence-electron chi connectivity index (χ2n) is 4.06. The fraction of sp³-hybridized carbons (Fsp3) is 0.143. The maximum absolute atomic E-state index is 13.3. The highest BCUT2D eigenvalue weighted by atomic mass is 79.9. The first kappa shape index (κ1) is 15.2. The molecule has 0 saturated carbocycles. The van der Waals surface area contributed by atoms with Crippen molar-refractivity contribution in [3.05, 3.63) is 66.8 Å². The van der Waals surface area contributed by atoms with Gasteiger partial charge in [0.05, 0.1) is 10.5 Å². The Morgan fingerprint density at radius 1 is 1.00 bits per heavy atom. The van der Waals surface area contributed by atoms with Crippen LogP contribution in [0.4, 0.5) is 4.39 Å². The maximum atomic E-state index is 13.3. The first-order valence-electron chi connectivity index (χ1n) is 5.60. The zero-order valence-electron chi connectivity index (χ0n) is 10.1. The van der Waals surface area contributed by atoms with Crippen LogP contribution in [0.5, 0.6) is 0 Å². The molecule has 0 aliphatic carbocycles. The van der Waals surface area contributed by atoms with Crippen LogP contribution in [0.15, 0.2) is 49.8 Å². The van der Waals surface area contributed by atoms with Crippen LogP contribution in [-0.2, 0) is 0 Å². The summed E-state index contributed by atoms with van der Waals surface area (Å²) in [6, 6.07) is 11.0. The smallest absolute Gasteiger partial charge is 0.137 e. The third kappa shape index (κ3) is 3.45. The minimum absolute atomic E-state index is 0.0104. The molecule has 1 nitrogen and oxygen atoms in total. The SMILES string of the molecule is CNC(c1ccc(F)c(Br)c1)c1cc(Br)ccc1Br. The number of hydrogen-bond acceptors (Lipinski definition) is 1. The quantitative estimate of drug-likeness (QED) is 0.656. The first-order valence-corrected chi connectivity index (χ1v) is 7.98. The monoisotopic (exact) mass is 449 g/mol. The van der Waals surface area contributed by atoms with Gasteiger partial charge in [-0.05, 0) is 64.4 Å². The summed E-state index contributed by atoms with van der Waals surface area (Å²) in [6.07, 6.45) is 0. The number of benzene rings is 2. The second-order valence-corrected chi connectivity index (χ2v) is 6.69. The predicted molar refractivity (Wildman–Crippen MR) is 86.8 cm³/mol. The van der Waals surface area contributed by atoms with E-state index < -0.39 is 0 Å². The number of nitrogens with one attached hydrogen (secondary N) is 1. The van der Waals surface area contributed by atoms with Crippen molar-refractivity contribution in [2.75, 3.05) is 7.05 Å². The molecule has 100 valence electrons. The minimum atomic E-state index is -0.257. The van der Waals surface area contributed by atoms with Crippen molar-refractivity contribution in [3.8, 4) is 0 Å². The Morgan fingerprint density at radius 2 is 1.74 bits per heavy atom. The molecular formula is C14H11Br3FN. The van der Waals surface area contributed by atoms with E-state index in [0.29, 0.717) is 4.47 Å². The van der Waals surface area contributed by atoms with Gasteiger partial charge in [-0.25, -0.2) is 4.39 Å². The summed E-state index contributed by atoms with van der Waals surface area (Å²) in [7, 11) is 1.88. The normalized spacial score (nSPS) is 12.5. The van der Waals surface area contributed by atoms with Gasteiger partial charge in [-0.1, -0.05) is 37.9 Å². The highest BCUT2D eigenvalue weighted by Gasteiger charge is 2.16. The molecule has 0 spiro atoms. The van der Waals surface area contributed by atoms with E-state index in [2.05, 4.69) is 53.1 Å². The van der Waals surface area contributed by atoms with Crippen molar-refractivity contribution in [1.29, 1.82) is 0 Å². The average Bonchev–Trinajstić information content (AvgIpc) is 2.38. The molecule has 0 amide bonds. The zero-order valence-corrected chi connectivity index (χ0v) is 14.8. The summed E-state index contributed by atoms with van der Waals surface area (Å²) in [5.74, 6) is -0.257. The standard InChI is InChI=1S/C14H11Br3FN/c1-19-14(8-2-5-13(18)12(17)6-8)10-7-9(15)3-4-11(10)16/h2-7,14,19H,1H3. The molecule has 0 bridgehead atoms. The van der Waals surface area contributed by atoms with E-state index in [1.807, 2.05) is 25.2 Å². The van der Waals surface area contributed by atoms with Gasteiger partial charge in [-0.15, -0.1) is 0 Å². The lowest BCUT2D eigenvalue weighted by Gasteiger charge is -2.19. The van der Waals surface area contributed by atoms with E-state index >= 15 is 0 Å². The van der Waals surface area contributed by atoms with Gasteiger partial charge in [-0.2, -0.15) is 0 Å². The fourth-order valence-corrected chi connectivity index (χ4v) is 3.18. The molecular weight excluding hydrogens is 441 g/mol. The lowest BCUT2D eigenvalue weighted by Crippen LogP contribution is -2.18. The largest absolute Gasteiger partial charge is 0.309 e. The van der Waals surface area contributed by atoms with E-state index in [1.165, 1.54) is 6.07 Å². The Kier molecular flexibility index (Phi) is 5.17. The molecule has 0 heterocycles. The van der Waals surface area contributed by atoms with E-state index in [0.717, 1.165) is 20.1 Å². The fourth-order valence-electron chi connectivity index (χ4n) is 1.93. The van der Waals surface area contributed by atoms with Crippen molar-refractivity contribution in [1.82, 2.24) is 5.32 Å². The highest BCUT2D eigenvalue weighted by molar-refractivity contribution is 9.11. The van der Waals surface area contributed by atoms with Crippen LogP contribution in [0.2, 0.25) is 0 Å². The Labute approximate surface area is 137 Å². The molecule has 1 N–H and O–H groups in total. The van der Waals surface area contributed by atoms with E-state index in [1.54, 1.807) is 12.1 Å². The van der Waals surface area contributed by atoms with Crippen molar-refractivity contribution in [2.45, 2.75) is 6.04 Å². The van der Waals surface area contributed by atoms with Crippen LogP contribution in [0, 0.1) is 5.82 Å². The molecule has 2 aromatic rings. The molecule has 5 heteroatoms. The molecule has 2 aromatic carbocycles. The van der Waals surface area contributed by atoms with Crippen molar-refractivity contribution < 1.29 is 4.39 Å². The number of halogens is 4. The van der Waals surface area contributed by atoms with E-state index in [-0.39, 0.29) is 11.9 Å². The Balaban J connectivity index is 2.49. The molecule has 0 aliphatic heterocycles. The van der Waals surface area contributed by atoms with Gasteiger partial charge < -0.3 is 5.32 Å². The summed E-state index contributed by atoms with van der Waals surface area (Å²) in [5.41, 5.74) is 2.09. The van der Waals surface area contributed by atoms with Gasteiger partial charge in [0, 0.05) is 8.95 Å². The lowest BCUT2D eigenvalue weighted by atomic mass is 9.99. The molecule has 0 radical (unpaired) electrons. The van der Waals surface area contributed by atoms with Gasteiger partial charge >= 0.3 is 0 Å². The first-order chi connectivity index (χ1) is 9.02. The molecule has 0 aliphatic rings. The summed E-state index contributed by atoms with van der Waals surface area (Å²) >= 11 is 10.3. The Hall–Kier alpha value is -0.230. The molecule has 19 heavy (non-hydrogen) atoms. The maximum Gasteiger partial charge on any atom is 0.137 e. The third-order valence-electron chi connectivity index (χ3n) is 2.83. The summed E-state index contributed by atoms with van der Waals surface area (Å²) < 4.78 is 15.8. The van der Waals surface area contributed by atoms with Crippen LogP contribution >= 0.6 is 47.8 Å². The molecule has 1 unspecified atom stereocenters. The second kappa shape index (κ2) is 6.48. The molecule has 0 fully saturated rings. The molecule has 0 saturated heterocycles.